The Morgan fingerprint density at radius 2 is 1.25 bits per heavy atom. The maximum atomic E-state index is 4.89. The van der Waals surface area contributed by atoms with Crippen LogP contribution in [0.4, 0.5) is 0 Å². The zero-order valence-electron chi connectivity index (χ0n) is 14.2. The van der Waals surface area contributed by atoms with Crippen LogP contribution in [0, 0.1) is 20.8 Å². The highest BCUT2D eigenvalue weighted by molar-refractivity contribution is 5.94. The number of hydrogen-bond acceptors (Lipinski definition) is 1. The molecular weight excluding hydrogens is 292 g/mol. The average molecular weight is 312 g/mol. The van der Waals surface area contributed by atoms with Crippen LogP contribution in [0.15, 0.2) is 66.7 Å². The van der Waals surface area contributed by atoms with Gasteiger partial charge in [0.1, 0.15) is 0 Å². The monoisotopic (exact) mass is 312 g/mol. The van der Waals surface area contributed by atoms with Gasteiger partial charge >= 0.3 is 0 Å². The summed E-state index contributed by atoms with van der Waals surface area (Å²) in [4.78, 5) is 0. The van der Waals surface area contributed by atoms with Gasteiger partial charge in [-0.3, -0.25) is 0 Å². The molecule has 0 saturated heterocycles. The molecule has 2 nitrogen and oxygen atoms in total. The van der Waals surface area contributed by atoms with E-state index in [9.17, 15) is 0 Å². The molecule has 0 aliphatic heterocycles. The Hall–Kier alpha value is -2.87. The molecule has 2 heteroatoms. The van der Waals surface area contributed by atoms with Crippen molar-refractivity contribution in [3.05, 3.63) is 83.4 Å². The summed E-state index contributed by atoms with van der Waals surface area (Å²) < 4.78 is 2.06. The van der Waals surface area contributed by atoms with Crippen LogP contribution in [0.3, 0.4) is 0 Å². The molecule has 0 saturated carbocycles. The minimum Gasteiger partial charge on any atom is -0.232 e. The van der Waals surface area contributed by atoms with E-state index in [0.717, 1.165) is 16.9 Å². The number of nitrogens with zero attached hydrogens (tertiary/aromatic N) is 2. The van der Waals surface area contributed by atoms with Crippen molar-refractivity contribution >= 4 is 10.9 Å². The second kappa shape index (κ2) is 5.64. The van der Waals surface area contributed by atoms with Gasteiger partial charge in [0.2, 0.25) is 0 Å². The zero-order chi connectivity index (χ0) is 16.7. The van der Waals surface area contributed by atoms with Crippen molar-refractivity contribution in [1.82, 2.24) is 9.78 Å². The van der Waals surface area contributed by atoms with E-state index in [1.54, 1.807) is 0 Å². The van der Waals surface area contributed by atoms with Crippen LogP contribution in [0.5, 0.6) is 0 Å². The molecule has 24 heavy (non-hydrogen) atoms. The highest BCUT2D eigenvalue weighted by atomic mass is 15.3. The standard InChI is InChI=1S/C22H20N2/c1-15-4-9-18(10-5-15)22-20-13-8-17(3)14-21(20)23-24(22)19-11-6-16(2)7-12-19/h4-14H,1-3H3. The summed E-state index contributed by atoms with van der Waals surface area (Å²) in [6.45, 7) is 6.33. The lowest BCUT2D eigenvalue weighted by Crippen LogP contribution is -1.99. The van der Waals surface area contributed by atoms with Gasteiger partial charge < -0.3 is 0 Å². The van der Waals surface area contributed by atoms with Crippen LogP contribution in [0.25, 0.3) is 27.8 Å². The lowest BCUT2D eigenvalue weighted by molar-refractivity contribution is 0.903. The van der Waals surface area contributed by atoms with Crippen LogP contribution in [0.1, 0.15) is 16.7 Å². The van der Waals surface area contributed by atoms with E-state index in [0.29, 0.717) is 0 Å². The van der Waals surface area contributed by atoms with Crippen molar-refractivity contribution in [3.63, 3.8) is 0 Å². The molecule has 0 unspecified atom stereocenters. The molecule has 0 amide bonds. The molecule has 4 aromatic rings. The lowest BCUT2D eigenvalue weighted by atomic mass is 10.0. The molecule has 118 valence electrons. The fourth-order valence-electron chi connectivity index (χ4n) is 3.06. The average Bonchev–Trinajstić information content (AvgIpc) is 2.94. The molecule has 1 heterocycles. The van der Waals surface area contributed by atoms with E-state index in [1.165, 1.54) is 27.6 Å². The number of fused-ring (bicyclic) bond motifs is 1. The van der Waals surface area contributed by atoms with Gasteiger partial charge in [0.25, 0.3) is 0 Å². The molecule has 0 aliphatic rings. The number of aromatic nitrogens is 2. The molecule has 3 aromatic carbocycles. The number of rotatable bonds is 2. The number of benzene rings is 3. The quantitative estimate of drug-likeness (QED) is 0.470. The van der Waals surface area contributed by atoms with Gasteiger partial charge in [-0.2, -0.15) is 5.10 Å². The van der Waals surface area contributed by atoms with Crippen molar-refractivity contribution in [2.45, 2.75) is 20.8 Å². The molecular formula is C22H20N2. The minimum absolute atomic E-state index is 1.03. The van der Waals surface area contributed by atoms with Crippen molar-refractivity contribution < 1.29 is 0 Å². The van der Waals surface area contributed by atoms with Gasteiger partial charge in [-0.1, -0.05) is 59.7 Å². The van der Waals surface area contributed by atoms with Gasteiger partial charge in [-0.15, -0.1) is 0 Å². The Morgan fingerprint density at radius 1 is 0.667 bits per heavy atom. The number of hydrogen-bond donors (Lipinski definition) is 0. The van der Waals surface area contributed by atoms with E-state index in [4.69, 9.17) is 5.10 Å². The van der Waals surface area contributed by atoms with Crippen LogP contribution >= 0.6 is 0 Å². The van der Waals surface area contributed by atoms with Crippen molar-refractivity contribution in [1.29, 1.82) is 0 Å². The van der Waals surface area contributed by atoms with E-state index in [2.05, 4.69) is 92.2 Å². The van der Waals surface area contributed by atoms with Gasteiger partial charge in [-0.25, -0.2) is 4.68 Å². The molecule has 0 fully saturated rings. The molecule has 4 rings (SSSR count). The Labute approximate surface area is 142 Å². The van der Waals surface area contributed by atoms with Gasteiger partial charge in [0.15, 0.2) is 0 Å². The van der Waals surface area contributed by atoms with E-state index >= 15 is 0 Å². The largest absolute Gasteiger partial charge is 0.232 e. The summed E-state index contributed by atoms with van der Waals surface area (Å²) >= 11 is 0. The lowest BCUT2D eigenvalue weighted by Gasteiger charge is -2.09. The van der Waals surface area contributed by atoms with Crippen LogP contribution in [0.2, 0.25) is 0 Å². The molecule has 0 spiro atoms. The fourth-order valence-corrected chi connectivity index (χ4v) is 3.06. The third-order valence-electron chi connectivity index (χ3n) is 4.43. The first-order valence-corrected chi connectivity index (χ1v) is 8.25. The second-order valence-electron chi connectivity index (χ2n) is 6.48. The SMILES string of the molecule is Cc1ccc(-c2c3ccc(C)cc3nn2-c2ccc(C)cc2)cc1. The van der Waals surface area contributed by atoms with Gasteiger partial charge in [0.05, 0.1) is 16.9 Å². The predicted octanol–water partition coefficient (Wildman–Crippen LogP) is 5.62. The smallest absolute Gasteiger partial charge is 0.0937 e. The second-order valence-corrected chi connectivity index (χ2v) is 6.48. The summed E-state index contributed by atoms with van der Waals surface area (Å²) in [7, 11) is 0. The Kier molecular flexibility index (Phi) is 3.46. The van der Waals surface area contributed by atoms with Gasteiger partial charge in [0, 0.05) is 10.9 Å². The summed E-state index contributed by atoms with van der Waals surface area (Å²) in [5, 5.41) is 6.07. The van der Waals surface area contributed by atoms with Crippen molar-refractivity contribution in [3.8, 4) is 16.9 Å². The zero-order valence-corrected chi connectivity index (χ0v) is 14.2. The first-order valence-electron chi connectivity index (χ1n) is 8.25. The van der Waals surface area contributed by atoms with E-state index in [-0.39, 0.29) is 0 Å². The maximum Gasteiger partial charge on any atom is 0.0937 e. The van der Waals surface area contributed by atoms with Gasteiger partial charge in [-0.05, 0) is 44.5 Å². The highest BCUT2D eigenvalue weighted by Crippen LogP contribution is 2.31. The Morgan fingerprint density at radius 3 is 1.92 bits per heavy atom. The van der Waals surface area contributed by atoms with Crippen molar-refractivity contribution in [2.75, 3.05) is 0 Å². The first kappa shape index (κ1) is 14.7. The molecule has 0 radical (unpaired) electrons. The van der Waals surface area contributed by atoms with Crippen LogP contribution in [-0.2, 0) is 0 Å². The van der Waals surface area contributed by atoms with Crippen LogP contribution < -0.4 is 0 Å². The fraction of sp³-hybridized carbons (Fsp3) is 0.136. The van der Waals surface area contributed by atoms with Crippen LogP contribution in [-0.4, -0.2) is 9.78 Å². The minimum atomic E-state index is 1.03. The highest BCUT2D eigenvalue weighted by Gasteiger charge is 2.14. The molecule has 0 atom stereocenters. The third kappa shape index (κ3) is 2.50. The maximum absolute atomic E-state index is 4.89. The summed E-state index contributed by atoms with van der Waals surface area (Å²) in [5.41, 5.74) is 8.20. The summed E-state index contributed by atoms with van der Waals surface area (Å²) in [5.74, 6) is 0. The first-order chi connectivity index (χ1) is 11.6. The molecule has 1 aromatic heterocycles. The molecule has 0 bridgehead atoms. The molecule has 0 aliphatic carbocycles. The van der Waals surface area contributed by atoms with Crippen molar-refractivity contribution in [2.24, 2.45) is 0 Å². The Bertz CT molecular complexity index is 1010. The predicted molar refractivity (Wildman–Crippen MR) is 101 cm³/mol. The topological polar surface area (TPSA) is 17.8 Å². The van der Waals surface area contributed by atoms with E-state index in [1.807, 2.05) is 0 Å². The Balaban J connectivity index is 2.02. The molecule has 0 N–H and O–H groups in total. The van der Waals surface area contributed by atoms with E-state index < -0.39 is 0 Å². The third-order valence-corrected chi connectivity index (χ3v) is 4.43. The normalized spacial score (nSPS) is 11.1. The number of aryl methyl sites for hydroxylation is 3. The summed E-state index contributed by atoms with van der Waals surface area (Å²) in [6.07, 6.45) is 0. The summed E-state index contributed by atoms with van der Waals surface area (Å²) in [6, 6.07) is 23.7.